The first-order valence-corrected chi connectivity index (χ1v) is 7.05. The summed E-state index contributed by atoms with van der Waals surface area (Å²) in [6, 6.07) is 6.26. The van der Waals surface area contributed by atoms with Crippen LogP contribution in [0.5, 0.6) is 0 Å². The molecule has 0 aromatic heterocycles. The largest absolute Gasteiger partial charge is 0.366 e. The summed E-state index contributed by atoms with van der Waals surface area (Å²) in [5, 5.41) is 5.35. The molecule has 5 nitrogen and oxygen atoms in total. The first-order valence-electron chi connectivity index (χ1n) is 5.50. The van der Waals surface area contributed by atoms with Crippen molar-refractivity contribution in [2.24, 2.45) is 10.9 Å². The third-order valence-corrected chi connectivity index (χ3v) is 4.43. The van der Waals surface area contributed by atoms with E-state index in [1.165, 1.54) is 24.3 Å². The van der Waals surface area contributed by atoms with Crippen molar-refractivity contribution in [2.75, 3.05) is 0 Å². The highest BCUT2D eigenvalue weighted by Gasteiger charge is 2.41. The van der Waals surface area contributed by atoms with E-state index in [4.69, 9.17) is 10.9 Å². The highest BCUT2D eigenvalue weighted by molar-refractivity contribution is 7.90. The molecule has 0 bridgehead atoms. The lowest BCUT2D eigenvalue weighted by Crippen LogP contribution is -2.40. The second-order valence-corrected chi connectivity index (χ2v) is 5.92. The summed E-state index contributed by atoms with van der Waals surface area (Å²) in [5.74, 6) is -0.699. The van der Waals surface area contributed by atoms with E-state index in [0.29, 0.717) is 0 Å². The fraction of sp³-hybridized carbons (Fsp3) is 0.0769. The fourth-order valence-corrected chi connectivity index (χ4v) is 3.10. The van der Waals surface area contributed by atoms with Crippen molar-refractivity contribution in [1.82, 2.24) is 0 Å². The van der Waals surface area contributed by atoms with Crippen molar-refractivity contribution < 1.29 is 13.2 Å². The van der Waals surface area contributed by atoms with Crippen LogP contribution in [0.1, 0.15) is 15.9 Å². The van der Waals surface area contributed by atoms with Gasteiger partial charge in [-0.25, -0.2) is 13.6 Å². The highest BCUT2D eigenvalue weighted by atomic mass is 32.2. The van der Waals surface area contributed by atoms with Gasteiger partial charge in [0, 0.05) is 12.0 Å². The average molecular weight is 277 g/mol. The summed E-state index contributed by atoms with van der Waals surface area (Å²) in [5.41, 5.74) is 5.68. The van der Waals surface area contributed by atoms with E-state index in [0.717, 1.165) is 0 Å². The molecule has 1 aliphatic carbocycles. The Kier molecular flexibility index (Phi) is 3.30. The molecule has 2 rings (SSSR count). The van der Waals surface area contributed by atoms with E-state index in [2.05, 4.69) is 0 Å². The average Bonchev–Trinajstić information content (AvgIpc) is 2.38. The van der Waals surface area contributed by atoms with Gasteiger partial charge in [-0.2, -0.15) is 0 Å². The van der Waals surface area contributed by atoms with Gasteiger partial charge in [0.1, 0.15) is 4.75 Å². The number of hydrogen-bond acceptors (Lipinski definition) is 3. The summed E-state index contributed by atoms with van der Waals surface area (Å²) in [4.78, 5) is 11.5. The van der Waals surface area contributed by atoms with Crippen LogP contribution in [0.2, 0.25) is 0 Å². The van der Waals surface area contributed by atoms with Crippen molar-refractivity contribution in [2.45, 2.75) is 4.75 Å². The Morgan fingerprint density at radius 1 is 1.11 bits per heavy atom. The number of rotatable bonds is 3. The van der Waals surface area contributed by atoms with Crippen LogP contribution < -0.4 is 10.9 Å². The number of carbonyl (C=O) groups excluding carboxylic acids is 1. The summed E-state index contributed by atoms with van der Waals surface area (Å²) < 4.78 is 22.4. The van der Waals surface area contributed by atoms with Gasteiger partial charge < -0.3 is 5.73 Å². The van der Waals surface area contributed by atoms with Gasteiger partial charge in [-0.05, 0) is 11.6 Å². The van der Waals surface area contributed by atoms with Crippen LogP contribution in [0.3, 0.4) is 0 Å². The van der Waals surface area contributed by atoms with Crippen LogP contribution >= 0.6 is 0 Å². The number of benzene rings is 1. The molecule has 0 aliphatic heterocycles. The summed E-state index contributed by atoms with van der Waals surface area (Å²) in [6.07, 6.45) is 7.69. The maximum atomic E-state index is 12.0. The minimum atomic E-state index is -4.00. The van der Waals surface area contributed by atoms with Gasteiger partial charge in [-0.15, -0.1) is 0 Å². The third kappa shape index (κ3) is 2.20. The molecule has 99 valence electrons. The molecule has 1 aromatic carbocycles. The van der Waals surface area contributed by atoms with Gasteiger partial charge in [-0.1, -0.05) is 42.5 Å². The molecular formula is C13H13N2O3S. The minimum Gasteiger partial charge on any atom is -0.366 e. The maximum absolute atomic E-state index is 12.0. The van der Waals surface area contributed by atoms with Crippen LogP contribution in [-0.2, 0) is 14.8 Å². The molecule has 6 heteroatoms. The normalized spacial score (nSPS) is 17.3. The molecular weight excluding hydrogens is 264 g/mol. The summed E-state index contributed by atoms with van der Waals surface area (Å²) in [7, 11) is -4.00. The van der Waals surface area contributed by atoms with Crippen molar-refractivity contribution in [3.63, 3.8) is 0 Å². The predicted molar refractivity (Wildman–Crippen MR) is 72.3 cm³/mol. The molecule has 0 spiro atoms. The molecule has 19 heavy (non-hydrogen) atoms. The lowest BCUT2D eigenvalue weighted by Gasteiger charge is -2.28. The standard InChI is InChI=1S/C13H13N2O3S/c14-12(16)10-6-2-3-7-11(10)13(19(15,17)18)8-4-1-5-9-13/h1-9H,(H2,14,16)(H2,15,17,18). The Hall–Kier alpha value is -1.92. The zero-order valence-corrected chi connectivity index (χ0v) is 10.8. The van der Waals surface area contributed by atoms with Crippen LogP contribution in [0.4, 0.5) is 0 Å². The molecule has 0 unspecified atom stereocenters. The van der Waals surface area contributed by atoms with E-state index in [1.807, 2.05) is 0 Å². The zero-order chi connectivity index (χ0) is 14.1. The molecule has 0 saturated carbocycles. The second kappa shape index (κ2) is 4.64. The second-order valence-electron chi connectivity index (χ2n) is 4.16. The molecule has 1 aliphatic rings. The van der Waals surface area contributed by atoms with E-state index >= 15 is 0 Å². The lowest BCUT2D eigenvalue weighted by atomic mass is 9.89. The van der Waals surface area contributed by atoms with Gasteiger partial charge >= 0.3 is 0 Å². The smallest absolute Gasteiger partial charge is 0.249 e. The summed E-state index contributed by atoms with van der Waals surface area (Å²) in [6.45, 7) is 0. The quantitative estimate of drug-likeness (QED) is 0.845. The van der Waals surface area contributed by atoms with E-state index in [-0.39, 0.29) is 11.1 Å². The van der Waals surface area contributed by atoms with Gasteiger partial charge in [0.25, 0.3) is 0 Å². The molecule has 0 saturated heterocycles. The predicted octanol–water partition coefficient (Wildman–Crippen LogP) is 0.600. The van der Waals surface area contributed by atoms with Gasteiger partial charge in [0.05, 0.1) is 0 Å². The van der Waals surface area contributed by atoms with Crippen molar-refractivity contribution in [3.05, 3.63) is 66.1 Å². The Bertz CT molecular complexity index is 663. The Morgan fingerprint density at radius 2 is 1.68 bits per heavy atom. The zero-order valence-electron chi connectivity index (χ0n) is 9.98. The number of hydrogen-bond donors (Lipinski definition) is 2. The fourth-order valence-electron chi connectivity index (χ4n) is 2.08. The van der Waals surface area contributed by atoms with E-state index in [9.17, 15) is 13.2 Å². The minimum absolute atomic E-state index is 0.132. The molecule has 1 amide bonds. The molecule has 4 N–H and O–H groups in total. The Morgan fingerprint density at radius 3 is 2.21 bits per heavy atom. The number of sulfonamides is 1. The SMILES string of the molecule is NC(=O)c1ccccc1C1(S(N)(=O)=O)C=C[CH]C=C1. The van der Waals surface area contributed by atoms with Crippen LogP contribution in [-0.4, -0.2) is 14.3 Å². The number of primary sulfonamides is 1. The van der Waals surface area contributed by atoms with Gasteiger partial charge in [-0.3, -0.25) is 4.79 Å². The number of amides is 1. The van der Waals surface area contributed by atoms with Crippen molar-refractivity contribution in [3.8, 4) is 0 Å². The molecule has 1 aromatic rings. The molecule has 0 atom stereocenters. The molecule has 0 fully saturated rings. The van der Waals surface area contributed by atoms with E-state index in [1.54, 1.807) is 30.7 Å². The highest BCUT2D eigenvalue weighted by Crippen LogP contribution is 2.36. The molecule has 1 radical (unpaired) electrons. The number of nitrogens with two attached hydrogens (primary N) is 2. The lowest BCUT2D eigenvalue weighted by molar-refractivity contribution is 0.0999. The molecule has 0 heterocycles. The van der Waals surface area contributed by atoms with Crippen molar-refractivity contribution >= 4 is 15.9 Å². The maximum Gasteiger partial charge on any atom is 0.249 e. The van der Waals surface area contributed by atoms with Crippen molar-refractivity contribution in [1.29, 1.82) is 0 Å². The Balaban J connectivity index is 2.79. The van der Waals surface area contributed by atoms with Gasteiger partial charge in [0.15, 0.2) is 0 Å². The Labute approximate surface area is 111 Å². The first kappa shape index (κ1) is 13.5. The van der Waals surface area contributed by atoms with E-state index < -0.39 is 20.7 Å². The third-order valence-electron chi connectivity index (χ3n) is 2.99. The van der Waals surface area contributed by atoms with Crippen LogP contribution in [0.25, 0.3) is 0 Å². The number of carbonyl (C=O) groups is 1. The monoisotopic (exact) mass is 277 g/mol. The topological polar surface area (TPSA) is 103 Å². The van der Waals surface area contributed by atoms with Crippen LogP contribution in [0.15, 0.2) is 48.6 Å². The van der Waals surface area contributed by atoms with Gasteiger partial charge in [0.2, 0.25) is 15.9 Å². The summed E-state index contributed by atoms with van der Waals surface area (Å²) >= 11 is 0. The number of primary amides is 1. The first-order chi connectivity index (χ1) is 8.88. The number of allylic oxidation sites excluding steroid dienone is 2. The van der Waals surface area contributed by atoms with Crippen LogP contribution in [0, 0.1) is 6.42 Å².